The topological polar surface area (TPSA) is 300 Å². The van der Waals surface area contributed by atoms with E-state index in [4.69, 9.17) is 69.7 Å². The first-order valence-electron chi connectivity index (χ1n) is 43.1. The zero-order valence-corrected chi connectivity index (χ0v) is 80.9. The van der Waals surface area contributed by atoms with Gasteiger partial charge in [-0.05, 0) is 246 Å². The molecule has 1 aliphatic rings. The highest BCUT2D eigenvalue weighted by molar-refractivity contribution is 7.20. The molecule has 22 nitrogen and oxygen atoms in total. The first kappa shape index (κ1) is 95.7. The van der Waals surface area contributed by atoms with Gasteiger partial charge in [-0.2, -0.15) is 4.39 Å². The van der Waals surface area contributed by atoms with E-state index in [-0.39, 0.29) is 18.7 Å². The molecule has 0 radical (unpaired) electrons. The molecule has 0 amide bonds. The first-order chi connectivity index (χ1) is 66.8. The SMILES string of the molecule is CN(C)[C@H](c1ccc(Cl)cc1)c1cc(-c2ccncc2)sc1-c1ncc[nH]1.Clc1ccc(C(c2cc(-c3ccncc3)sc2-c2ncc[nH]2)N2CCC2)cc1.OCCCc1cc(-c2cc(C(O)c3ccc(Cl)cc3)c(-c3ncc[nH]3)s2)ccn1.O[C@H](c1ccc(Cl)cc1)c1cc(-c2ccnc(F)c2)sc1-c1ncc[nH]1.[C-]#[N+]c1cc(-c2cc([C@@H](O)c3ccc(Cl)cc3)c(-c3ncc[nH]3)s2)ccn1. The summed E-state index contributed by atoms with van der Waals surface area (Å²) >= 11 is 38.2. The Morgan fingerprint density at radius 1 is 0.372 bits per heavy atom. The van der Waals surface area contributed by atoms with E-state index in [1.165, 1.54) is 83.8 Å². The van der Waals surface area contributed by atoms with Crippen LogP contribution in [0.5, 0.6) is 0 Å². The van der Waals surface area contributed by atoms with E-state index in [0.717, 1.165) is 126 Å². The number of H-pyrrole nitrogens is 5. The van der Waals surface area contributed by atoms with Gasteiger partial charge in [-0.15, -0.1) is 61.7 Å². The van der Waals surface area contributed by atoms with Gasteiger partial charge >= 0.3 is 0 Å². The number of benzene rings is 5. The number of imidazole rings is 5. The van der Waals surface area contributed by atoms with E-state index in [9.17, 15) is 19.7 Å². The summed E-state index contributed by atoms with van der Waals surface area (Å²) in [6.07, 6.45) is 29.9. The average molecular weight is 2010 g/mol. The largest absolute Gasteiger partial charge is 0.396 e. The standard InChI is InChI=1S/C22H19ClN4S.C22H20ClN3O2S.C21H19ClN4S.C20H13ClN4OS.C19H13ClFN3OS/c23-17-4-2-16(3-5-17)20(27-12-1-13-27)18-14-19(15-6-8-24-9-7-15)28-21(18)22-25-10-11-26-22;23-16-5-3-14(4-6-16)20(28)18-13-19(29-21(18)22-25-9-10-26-22)15-7-8-24-17(12-15)2-1-11-27;1-26(2)19(15-3-5-16(22)6-4-15)17-13-18(14-7-9-23-10-8-14)27-20(17)21-24-11-12-25-21;1-22-17-10-13(6-7-23-17)16-11-15(19(27-16)20-24-8-9-25-20)18(26)12-2-4-14(21)5-3-12;20-13-3-1-11(2-4-13)17(25)14-10-15(12-5-6-22-16(21)9-12)26-18(14)19-23-7-8-24-19/h2-11,14,20H,1,12-13H2,(H,25,26);3-10,12-13,20,27-28H,1-2,11H2,(H,25,26);3-13,19H,1-2H3,(H,24,25);2-11,18,26H,(H,24,25);1-10,17,25H,(H,23,24)/t;;19-;18-;17-/m..101/s1. The maximum Gasteiger partial charge on any atom is 0.270 e. The van der Waals surface area contributed by atoms with E-state index in [0.29, 0.717) is 55.6 Å². The van der Waals surface area contributed by atoms with Crippen LogP contribution in [-0.2, 0) is 6.42 Å². The van der Waals surface area contributed by atoms with Crippen LogP contribution in [0.3, 0.4) is 0 Å². The Kier molecular flexibility index (Phi) is 31.7. The lowest BCUT2D eigenvalue weighted by Gasteiger charge is -2.39. The third-order valence-electron chi connectivity index (χ3n) is 22.3. The molecule has 2 unspecified atom stereocenters. The predicted molar refractivity (Wildman–Crippen MR) is 550 cm³/mol. The molecule has 5 aromatic carbocycles. The van der Waals surface area contributed by atoms with Crippen LogP contribution in [0.1, 0.15) is 105 Å². The monoisotopic (exact) mass is 2000 g/mol. The molecule has 137 heavy (non-hydrogen) atoms. The van der Waals surface area contributed by atoms with Crippen LogP contribution in [0.25, 0.3) is 111 Å². The van der Waals surface area contributed by atoms with Crippen molar-refractivity contribution in [2.24, 2.45) is 0 Å². The van der Waals surface area contributed by atoms with Crippen molar-refractivity contribution >= 4 is 121 Å². The molecule has 686 valence electrons. The summed E-state index contributed by atoms with van der Waals surface area (Å²) in [6.45, 7) is 9.51. The number of aromatic amines is 5. The number of aromatic nitrogens is 15. The predicted octanol–water partition coefficient (Wildman–Crippen LogP) is 26.6. The number of nitrogens with one attached hydrogen (secondary N) is 5. The smallest absolute Gasteiger partial charge is 0.270 e. The third kappa shape index (κ3) is 23.3. The summed E-state index contributed by atoms with van der Waals surface area (Å²) in [5.41, 5.74) is 15.3. The third-order valence-corrected chi connectivity index (χ3v) is 29.6. The molecular formula is C104H84Cl5FN18O4S5. The molecule has 21 rings (SSSR count). The second kappa shape index (κ2) is 45.3. The Hall–Kier alpha value is -13.0. The Morgan fingerprint density at radius 2 is 0.693 bits per heavy atom. The molecular weight excluding hydrogens is 1920 g/mol. The first-order valence-corrected chi connectivity index (χ1v) is 49.0. The van der Waals surface area contributed by atoms with E-state index in [1.807, 2.05) is 128 Å². The maximum absolute atomic E-state index is 13.5. The number of aryl methyl sites for hydroxylation is 1. The van der Waals surface area contributed by atoms with Crippen molar-refractivity contribution in [1.82, 2.24) is 84.6 Å². The highest BCUT2D eigenvalue weighted by Gasteiger charge is 2.33. The van der Waals surface area contributed by atoms with Gasteiger partial charge in [0, 0.05) is 197 Å². The number of aliphatic hydroxyl groups is 4. The highest BCUT2D eigenvalue weighted by atomic mass is 35.5. The lowest BCUT2D eigenvalue weighted by Crippen LogP contribution is -2.40. The second-order valence-corrected chi connectivity index (χ2v) is 38.9. The Labute approximate surface area is 833 Å². The van der Waals surface area contributed by atoms with E-state index >= 15 is 0 Å². The quantitative estimate of drug-likeness (QED) is 0.0190. The fourth-order valence-corrected chi connectivity index (χ4v) is 22.0. The number of likely N-dealkylation sites (tertiary alicyclic amines) is 1. The molecule has 20 aromatic rings. The average Bonchev–Trinajstić information content (AvgIpc) is 1.67. The molecule has 15 aromatic heterocycles. The zero-order valence-electron chi connectivity index (χ0n) is 73.1. The normalized spacial score (nSPS) is 12.8. The summed E-state index contributed by atoms with van der Waals surface area (Å²) in [5, 5.41) is 45.4. The molecule has 9 N–H and O–H groups in total. The van der Waals surface area contributed by atoms with Crippen LogP contribution in [0.4, 0.5) is 10.2 Å². The minimum atomic E-state index is -0.857. The number of aliphatic hydroxyl groups excluding tert-OH is 4. The molecule has 1 aliphatic heterocycles. The summed E-state index contributed by atoms with van der Waals surface area (Å²) in [7, 11) is 4.18. The number of pyridine rings is 5. The van der Waals surface area contributed by atoms with Gasteiger partial charge < -0.3 is 50.2 Å². The van der Waals surface area contributed by atoms with Gasteiger partial charge in [0.1, 0.15) is 53.6 Å². The summed E-state index contributed by atoms with van der Waals surface area (Å²) in [5.74, 6) is 3.65. The van der Waals surface area contributed by atoms with Crippen molar-refractivity contribution in [1.29, 1.82) is 0 Å². The Bertz CT molecular complexity index is 7310. The molecule has 0 aliphatic carbocycles. The number of hydrogen-bond donors (Lipinski definition) is 9. The molecule has 1 saturated heterocycles. The number of hydrogen-bond acceptors (Lipinski definition) is 21. The van der Waals surface area contributed by atoms with Crippen LogP contribution >= 0.6 is 115 Å². The van der Waals surface area contributed by atoms with Gasteiger partial charge in [0.25, 0.3) is 5.82 Å². The van der Waals surface area contributed by atoms with Gasteiger partial charge in [-0.1, -0.05) is 125 Å². The van der Waals surface area contributed by atoms with Crippen molar-refractivity contribution in [2.45, 2.75) is 49.7 Å². The lowest BCUT2D eigenvalue weighted by atomic mass is 9.94. The van der Waals surface area contributed by atoms with Gasteiger partial charge in [-0.25, -0.2) is 29.9 Å². The number of rotatable bonds is 25. The van der Waals surface area contributed by atoms with Crippen LogP contribution in [0, 0.1) is 12.5 Å². The van der Waals surface area contributed by atoms with Crippen molar-refractivity contribution < 1.29 is 24.8 Å². The van der Waals surface area contributed by atoms with Crippen molar-refractivity contribution in [3.8, 4) is 106 Å². The molecule has 0 saturated carbocycles. The fraction of sp³-hybridized carbons (Fsp3) is 0.125. The van der Waals surface area contributed by atoms with E-state index in [1.54, 1.807) is 163 Å². The number of halogens is 6. The van der Waals surface area contributed by atoms with Crippen LogP contribution in [0.15, 0.2) is 318 Å². The molecule has 0 bridgehead atoms. The zero-order chi connectivity index (χ0) is 94.8. The Balaban J connectivity index is 0.000000119. The fourth-order valence-electron chi connectivity index (χ4n) is 15.6. The Morgan fingerprint density at radius 3 is 1.04 bits per heavy atom. The number of thiophene rings is 5. The summed E-state index contributed by atoms with van der Waals surface area (Å²) < 4.78 is 13.5. The molecule has 33 heteroatoms. The minimum Gasteiger partial charge on any atom is -0.396 e. The molecule has 16 heterocycles. The van der Waals surface area contributed by atoms with Crippen molar-refractivity contribution in [2.75, 3.05) is 33.8 Å². The minimum absolute atomic E-state index is 0.0919. The van der Waals surface area contributed by atoms with Gasteiger partial charge in [0.15, 0.2) is 0 Å². The van der Waals surface area contributed by atoms with Gasteiger partial charge in [0.05, 0.1) is 36.5 Å². The van der Waals surface area contributed by atoms with Crippen LogP contribution in [-0.4, -0.2) is 139 Å². The molecule has 1 fully saturated rings. The number of nitrogens with zero attached hydrogens (tertiary/aromatic N) is 13. The van der Waals surface area contributed by atoms with Crippen LogP contribution < -0.4 is 0 Å². The maximum atomic E-state index is 13.5. The molecule has 0 spiro atoms. The van der Waals surface area contributed by atoms with Crippen LogP contribution in [0.2, 0.25) is 25.1 Å². The highest BCUT2D eigenvalue weighted by Crippen LogP contribution is 2.50. The van der Waals surface area contributed by atoms with Gasteiger partial charge in [-0.3, -0.25) is 24.8 Å². The van der Waals surface area contributed by atoms with E-state index in [2.05, 4.69) is 152 Å². The van der Waals surface area contributed by atoms with Crippen molar-refractivity contribution in [3.63, 3.8) is 0 Å². The second-order valence-electron chi connectivity index (χ2n) is 31.5. The summed E-state index contributed by atoms with van der Waals surface area (Å²) in [6, 6.07) is 67.2. The molecule has 5 atom stereocenters. The summed E-state index contributed by atoms with van der Waals surface area (Å²) in [4.78, 5) is 76.4. The van der Waals surface area contributed by atoms with Crippen molar-refractivity contribution in [3.05, 3.63) is 421 Å². The van der Waals surface area contributed by atoms with Gasteiger partial charge in [0.2, 0.25) is 5.95 Å². The lowest BCUT2D eigenvalue weighted by molar-refractivity contribution is 0.141. The van der Waals surface area contributed by atoms with E-state index < -0.39 is 24.3 Å².